The summed E-state index contributed by atoms with van der Waals surface area (Å²) in [4.78, 5) is 24.0. The van der Waals surface area contributed by atoms with Crippen molar-refractivity contribution >= 4 is 22.7 Å². The summed E-state index contributed by atoms with van der Waals surface area (Å²) in [5, 5.41) is 3.11. The number of aryl methyl sites for hydroxylation is 1. The van der Waals surface area contributed by atoms with Crippen molar-refractivity contribution in [3.63, 3.8) is 0 Å². The van der Waals surface area contributed by atoms with E-state index in [-0.39, 0.29) is 5.56 Å². The monoisotopic (exact) mass is 277 g/mol. The Kier molecular flexibility index (Phi) is 3.33. The molecule has 0 saturated carbocycles. The Hall–Kier alpha value is -2.24. The molecule has 1 heterocycles. The van der Waals surface area contributed by atoms with Gasteiger partial charge in [0.2, 0.25) is 0 Å². The van der Waals surface area contributed by atoms with E-state index in [4.69, 9.17) is 4.74 Å². The van der Waals surface area contributed by atoms with Crippen LogP contribution in [0.15, 0.2) is 23.0 Å². The number of aromatic nitrogens is 2. The molecule has 6 nitrogen and oxygen atoms in total. The number of benzene rings is 1. The average molecular weight is 277 g/mol. The zero-order valence-corrected chi connectivity index (χ0v) is 12.4. The molecule has 1 amide bonds. The minimum absolute atomic E-state index is 0.158. The van der Waals surface area contributed by atoms with Gasteiger partial charge in [-0.15, -0.1) is 0 Å². The lowest BCUT2D eigenvalue weighted by molar-refractivity contribution is 0.0636. The van der Waals surface area contributed by atoms with Gasteiger partial charge in [-0.1, -0.05) is 6.07 Å². The van der Waals surface area contributed by atoms with E-state index in [1.54, 1.807) is 51.7 Å². The van der Waals surface area contributed by atoms with Crippen LogP contribution in [0, 0.1) is 0 Å². The van der Waals surface area contributed by atoms with E-state index in [0.717, 1.165) is 5.52 Å². The number of nitrogens with zero attached hydrogens (tertiary/aromatic N) is 2. The summed E-state index contributed by atoms with van der Waals surface area (Å²) in [7, 11) is 3.47. The second-order valence-corrected chi connectivity index (χ2v) is 5.68. The van der Waals surface area contributed by atoms with Crippen molar-refractivity contribution in [1.29, 1.82) is 0 Å². The summed E-state index contributed by atoms with van der Waals surface area (Å²) < 4.78 is 8.43. The van der Waals surface area contributed by atoms with Gasteiger partial charge in [0.25, 0.3) is 5.56 Å². The van der Waals surface area contributed by atoms with Crippen molar-refractivity contribution < 1.29 is 9.53 Å². The van der Waals surface area contributed by atoms with Crippen LogP contribution in [-0.4, -0.2) is 21.1 Å². The lowest BCUT2D eigenvalue weighted by atomic mass is 10.2. The molecule has 0 aliphatic rings. The Morgan fingerprint density at radius 1 is 1.20 bits per heavy atom. The summed E-state index contributed by atoms with van der Waals surface area (Å²) in [6.07, 6.45) is -0.573. The van der Waals surface area contributed by atoms with Crippen molar-refractivity contribution in [2.75, 3.05) is 5.32 Å². The summed E-state index contributed by atoms with van der Waals surface area (Å²) in [6, 6.07) is 5.30. The van der Waals surface area contributed by atoms with Gasteiger partial charge in [-0.2, -0.15) is 0 Å². The number of fused-ring (bicyclic) bond motifs is 1. The summed E-state index contributed by atoms with van der Waals surface area (Å²) >= 11 is 0. The molecule has 0 aliphatic carbocycles. The number of carbonyl (C=O) groups excluding carboxylic acids is 1. The maximum atomic E-state index is 12.2. The molecule has 0 radical (unpaired) electrons. The second kappa shape index (κ2) is 4.70. The lowest BCUT2D eigenvalue weighted by Gasteiger charge is -2.19. The number of nitrogens with one attached hydrogen (secondary N) is 1. The highest BCUT2D eigenvalue weighted by Gasteiger charge is 2.18. The van der Waals surface area contributed by atoms with Crippen LogP contribution < -0.4 is 10.9 Å². The number of anilines is 1. The maximum absolute atomic E-state index is 12.2. The average Bonchev–Trinajstić information content (AvgIpc) is 2.53. The van der Waals surface area contributed by atoms with Crippen molar-refractivity contribution in [3.05, 3.63) is 28.6 Å². The summed E-state index contributed by atoms with van der Waals surface area (Å²) in [6.45, 7) is 5.36. The number of rotatable bonds is 1. The van der Waals surface area contributed by atoms with Crippen molar-refractivity contribution in [1.82, 2.24) is 9.36 Å². The molecule has 0 unspecified atom stereocenters. The molecule has 1 N–H and O–H groups in total. The van der Waals surface area contributed by atoms with E-state index in [1.165, 1.54) is 4.68 Å². The number of ether oxygens (including phenoxy) is 1. The quantitative estimate of drug-likeness (QED) is 0.869. The Labute approximate surface area is 116 Å². The van der Waals surface area contributed by atoms with Crippen LogP contribution in [0.25, 0.3) is 10.9 Å². The second-order valence-electron chi connectivity index (χ2n) is 5.68. The molecule has 0 bridgehead atoms. The van der Waals surface area contributed by atoms with E-state index < -0.39 is 11.7 Å². The third-order valence-electron chi connectivity index (χ3n) is 2.98. The molecule has 20 heavy (non-hydrogen) atoms. The van der Waals surface area contributed by atoms with Gasteiger partial charge in [0.05, 0.1) is 16.6 Å². The van der Waals surface area contributed by atoms with E-state index in [0.29, 0.717) is 11.1 Å². The fourth-order valence-electron chi connectivity index (χ4n) is 2.01. The SMILES string of the molecule is Cn1c(=O)c2c(NC(=O)OC(C)(C)C)cccc2n1C. The lowest BCUT2D eigenvalue weighted by Crippen LogP contribution is -2.27. The first-order chi connectivity index (χ1) is 9.20. The highest BCUT2D eigenvalue weighted by Crippen LogP contribution is 2.21. The highest BCUT2D eigenvalue weighted by molar-refractivity contribution is 5.98. The topological polar surface area (TPSA) is 65.3 Å². The zero-order chi connectivity index (χ0) is 15.1. The molecular weight excluding hydrogens is 258 g/mol. The normalized spacial score (nSPS) is 11.7. The largest absolute Gasteiger partial charge is 0.444 e. The molecule has 0 fully saturated rings. The van der Waals surface area contributed by atoms with Gasteiger partial charge in [0, 0.05) is 14.1 Å². The molecule has 1 aromatic heterocycles. The Bertz CT molecular complexity index is 720. The standard InChI is InChI=1S/C14H19N3O3/c1-14(2,3)20-13(19)15-9-7-6-8-10-11(9)12(18)17(5)16(10)4/h6-8H,1-5H3,(H,15,19). The number of carbonyl (C=O) groups is 1. The predicted molar refractivity (Wildman–Crippen MR) is 78.0 cm³/mol. The molecule has 1 aromatic carbocycles. The Morgan fingerprint density at radius 3 is 2.45 bits per heavy atom. The van der Waals surface area contributed by atoms with Gasteiger partial charge in [-0.25, -0.2) is 4.79 Å². The first-order valence-electron chi connectivity index (χ1n) is 6.35. The molecule has 0 atom stereocenters. The number of hydrogen-bond acceptors (Lipinski definition) is 3. The minimum atomic E-state index is -0.584. The van der Waals surface area contributed by atoms with E-state index >= 15 is 0 Å². The van der Waals surface area contributed by atoms with Gasteiger partial charge in [0.1, 0.15) is 5.60 Å². The number of amides is 1. The molecule has 0 saturated heterocycles. The first-order valence-corrected chi connectivity index (χ1v) is 6.35. The van der Waals surface area contributed by atoms with Crippen LogP contribution in [0.1, 0.15) is 20.8 Å². The summed E-state index contributed by atoms with van der Waals surface area (Å²) in [5.74, 6) is 0. The van der Waals surface area contributed by atoms with Crippen LogP contribution in [0.4, 0.5) is 10.5 Å². The molecule has 2 rings (SSSR count). The Balaban J connectivity index is 2.44. The third kappa shape index (κ3) is 2.54. The van der Waals surface area contributed by atoms with E-state index in [2.05, 4.69) is 5.32 Å². The van der Waals surface area contributed by atoms with Crippen LogP contribution in [-0.2, 0) is 18.8 Å². The molecule has 0 spiro atoms. The van der Waals surface area contributed by atoms with E-state index in [1.807, 2.05) is 6.07 Å². The van der Waals surface area contributed by atoms with Gasteiger partial charge < -0.3 is 4.74 Å². The van der Waals surface area contributed by atoms with E-state index in [9.17, 15) is 9.59 Å². The fourth-order valence-corrected chi connectivity index (χ4v) is 2.01. The molecule has 108 valence electrons. The third-order valence-corrected chi connectivity index (χ3v) is 2.98. The van der Waals surface area contributed by atoms with Crippen molar-refractivity contribution in [2.24, 2.45) is 14.1 Å². The van der Waals surface area contributed by atoms with Crippen molar-refractivity contribution in [2.45, 2.75) is 26.4 Å². The van der Waals surface area contributed by atoms with Gasteiger partial charge in [-0.05, 0) is 32.9 Å². The molecule has 0 aliphatic heterocycles. The predicted octanol–water partition coefficient (Wildman–Crippen LogP) is 2.22. The Morgan fingerprint density at radius 2 is 1.85 bits per heavy atom. The molecule has 2 aromatic rings. The maximum Gasteiger partial charge on any atom is 0.412 e. The zero-order valence-electron chi connectivity index (χ0n) is 12.4. The van der Waals surface area contributed by atoms with Gasteiger partial charge >= 0.3 is 6.09 Å². The summed E-state index contributed by atoms with van der Waals surface area (Å²) in [5.41, 5.74) is 0.470. The van der Waals surface area contributed by atoms with Crippen LogP contribution >= 0.6 is 0 Å². The highest BCUT2D eigenvalue weighted by atomic mass is 16.6. The molecule has 6 heteroatoms. The molecular formula is C14H19N3O3. The smallest absolute Gasteiger partial charge is 0.412 e. The van der Waals surface area contributed by atoms with Gasteiger partial charge in [0.15, 0.2) is 0 Å². The van der Waals surface area contributed by atoms with Crippen molar-refractivity contribution in [3.8, 4) is 0 Å². The van der Waals surface area contributed by atoms with Crippen LogP contribution in [0.2, 0.25) is 0 Å². The number of hydrogen-bond donors (Lipinski definition) is 1. The first kappa shape index (κ1) is 14.2. The van der Waals surface area contributed by atoms with Crippen LogP contribution in [0.3, 0.4) is 0 Å². The van der Waals surface area contributed by atoms with Gasteiger partial charge in [-0.3, -0.25) is 19.5 Å². The van der Waals surface area contributed by atoms with Crippen LogP contribution in [0.5, 0.6) is 0 Å². The fraction of sp³-hybridized carbons (Fsp3) is 0.429. The minimum Gasteiger partial charge on any atom is -0.444 e.